The van der Waals surface area contributed by atoms with Crippen LogP contribution in [0.3, 0.4) is 0 Å². The fourth-order valence-electron chi connectivity index (χ4n) is 0. The molecule has 11 heteroatoms. The summed E-state index contributed by atoms with van der Waals surface area (Å²) < 4.78 is 0. The van der Waals surface area contributed by atoms with Crippen molar-refractivity contribution in [1.29, 1.82) is 0 Å². The van der Waals surface area contributed by atoms with Gasteiger partial charge in [-0.25, -0.2) is 0 Å². The number of hydrogen-bond acceptors (Lipinski definition) is 9. The van der Waals surface area contributed by atoms with E-state index in [4.69, 9.17) is 4.79 Å². The molecule has 1 N–H and O–H groups in total. The third kappa shape index (κ3) is 65.9. The van der Waals surface area contributed by atoms with Crippen molar-refractivity contribution in [3.8, 4) is 0 Å². The summed E-state index contributed by atoms with van der Waals surface area (Å²) >= 11 is 0. The Balaban J connectivity index is -0.0000000624. The molecule has 23 heavy (non-hydrogen) atoms. The van der Waals surface area contributed by atoms with E-state index in [0.717, 1.165) is 20.8 Å². The van der Waals surface area contributed by atoms with Crippen LogP contribution in [0.1, 0.15) is 34.6 Å². The van der Waals surface area contributed by atoms with E-state index in [0.29, 0.717) is 5.78 Å². The molecule has 0 aliphatic heterocycles. The minimum absolute atomic E-state index is 0. The van der Waals surface area contributed by atoms with Crippen LogP contribution in [-0.2, 0) is 45.3 Å². The van der Waals surface area contributed by atoms with Crippen LogP contribution >= 0.6 is 0 Å². The van der Waals surface area contributed by atoms with Gasteiger partial charge in [-0.3, -0.25) is 19.2 Å². The van der Waals surface area contributed by atoms with Gasteiger partial charge < -0.3 is 29.7 Å². The Bertz CT molecular complexity index is 356. The molecule has 0 aromatic heterocycles. The average Bonchev–Trinajstić information content (AvgIpc) is 2.29. The summed E-state index contributed by atoms with van der Waals surface area (Å²) in [4.78, 5) is 64.1. The van der Waals surface area contributed by atoms with Crippen molar-refractivity contribution >= 4 is 41.0 Å². The molecule has 0 amide bonds. The Labute approximate surface area is 141 Å². The van der Waals surface area contributed by atoms with E-state index in [-0.39, 0.29) is 16.5 Å². The quantitative estimate of drug-likeness (QED) is 0.264. The van der Waals surface area contributed by atoms with Gasteiger partial charge >= 0.3 is 16.5 Å². The molecule has 0 saturated carbocycles. The first kappa shape index (κ1) is 32.5. The van der Waals surface area contributed by atoms with Crippen LogP contribution in [0, 0.1) is 0 Å². The minimum Gasteiger partial charge on any atom is -0.542 e. The van der Waals surface area contributed by atoms with E-state index in [1.54, 1.807) is 13.8 Å². The standard InChI is InChI=1S/3C3H4O3.C3H6O.Ni/c3*1-2(4)3(5)6;1-3(2)4;/h3*1H3,(H,5,6);1-2H3;/q;;;;+2/p-2. The molecule has 0 atom stereocenters. The fraction of sp³-hybridized carbons (Fsp3) is 0.417. The van der Waals surface area contributed by atoms with Crippen LogP contribution in [0.2, 0.25) is 0 Å². The minimum atomic E-state index is -1.63. The second-order valence-electron chi connectivity index (χ2n) is 3.48. The van der Waals surface area contributed by atoms with E-state index < -0.39 is 35.3 Å². The summed E-state index contributed by atoms with van der Waals surface area (Å²) in [6, 6.07) is 0. The molecular weight excluding hydrogens is 363 g/mol. The van der Waals surface area contributed by atoms with Gasteiger partial charge in [0.1, 0.15) is 17.9 Å². The summed E-state index contributed by atoms with van der Waals surface area (Å²) in [6.45, 7) is 6.10. The molecule has 0 aromatic rings. The van der Waals surface area contributed by atoms with E-state index in [1.807, 2.05) is 0 Å². The molecule has 0 fully saturated rings. The monoisotopic (exact) mass is 378 g/mol. The van der Waals surface area contributed by atoms with Crippen LogP contribution in [0.5, 0.6) is 0 Å². The molecule has 0 unspecified atom stereocenters. The van der Waals surface area contributed by atoms with Crippen LogP contribution in [0.25, 0.3) is 0 Å². The maximum Gasteiger partial charge on any atom is 2.00 e. The summed E-state index contributed by atoms with van der Waals surface area (Å²) in [7, 11) is 0. The Morgan fingerprint density at radius 2 is 0.609 bits per heavy atom. The second kappa shape index (κ2) is 19.6. The zero-order valence-corrected chi connectivity index (χ0v) is 13.9. The number of carboxylic acids is 3. The SMILES string of the molecule is CC(=O)C(=O)[O-].CC(=O)C(=O)[O-].CC(=O)C(=O)[O-].CC(C)=[OH+].[Ni+2]. The number of ketones is 4. The largest absolute Gasteiger partial charge is 2.00 e. The number of carbonyl (C=O) groups excluding carboxylic acids is 7. The third-order valence-corrected chi connectivity index (χ3v) is 0.862. The summed E-state index contributed by atoms with van der Waals surface area (Å²) in [6.07, 6.45) is 0. The number of carbonyl (C=O) groups is 6. The molecule has 0 rings (SSSR count). The smallest absolute Gasteiger partial charge is 0.542 e. The van der Waals surface area contributed by atoms with Crippen molar-refractivity contribution in [3.63, 3.8) is 0 Å². The van der Waals surface area contributed by atoms with Crippen LogP contribution in [0.4, 0.5) is 0 Å². The van der Waals surface area contributed by atoms with Gasteiger partial charge in [0.25, 0.3) is 5.78 Å². The predicted molar refractivity (Wildman–Crippen MR) is 65.4 cm³/mol. The molecule has 0 aliphatic rings. The van der Waals surface area contributed by atoms with Gasteiger partial charge in [-0.05, 0) is 0 Å². The Morgan fingerprint density at radius 1 is 0.565 bits per heavy atom. The van der Waals surface area contributed by atoms with Crippen molar-refractivity contribution in [3.05, 3.63) is 0 Å². The van der Waals surface area contributed by atoms with Gasteiger partial charge in [0.05, 0.1) is 0 Å². The van der Waals surface area contributed by atoms with Gasteiger partial charge in [0.15, 0.2) is 17.3 Å². The summed E-state index contributed by atoms with van der Waals surface area (Å²) in [5.41, 5.74) is 0. The van der Waals surface area contributed by atoms with Gasteiger partial charge in [-0.2, -0.15) is 0 Å². The van der Waals surface area contributed by atoms with Crippen LogP contribution < -0.4 is 15.3 Å². The maximum absolute atomic E-state index is 9.48. The van der Waals surface area contributed by atoms with E-state index >= 15 is 0 Å². The van der Waals surface area contributed by atoms with Gasteiger partial charge in [0.2, 0.25) is 0 Å². The van der Waals surface area contributed by atoms with Crippen molar-refractivity contribution in [2.45, 2.75) is 34.6 Å². The zero-order chi connectivity index (χ0) is 19.0. The Kier molecular flexibility index (Phi) is 27.7. The zero-order valence-electron chi connectivity index (χ0n) is 12.9. The summed E-state index contributed by atoms with van der Waals surface area (Å²) in [5, 5.41) is 27.7. The Morgan fingerprint density at radius 3 is 0.609 bits per heavy atom. The molecule has 0 aromatic carbocycles. The number of Topliss-reactive ketones (excluding diaryl/α,β-unsaturated/α-hetero) is 3. The molecule has 134 valence electrons. The van der Waals surface area contributed by atoms with E-state index in [9.17, 15) is 44.1 Å². The maximum atomic E-state index is 9.48. The number of hydrogen-bond donors (Lipinski definition) is 0. The molecular formula is C12H16NiO10. The first-order valence-electron chi connectivity index (χ1n) is 5.31. The predicted octanol–water partition coefficient (Wildman–Crippen LogP) is -4.46. The van der Waals surface area contributed by atoms with Crippen molar-refractivity contribution in [2.24, 2.45) is 0 Å². The van der Waals surface area contributed by atoms with Gasteiger partial charge in [-0.1, -0.05) is 0 Å². The van der Waals surface area contributed by atoms with Crippen LogP contribution in [0.15, 0.2) is 0 Å². The number of rotatable bonds is 3. The van der Waals surface area contributed by atoms with Gasteiger partial charge in [0, 0.05) is 34.6 Å². The summed E-state index contributed by atoms with van der Waals surface area (Å²) in [5.74, 6) is -7.28. The van der Waals surface area contributed by atoms with E-state index in [2.05, 4.69) is 0 Å². The molecule has 0 heterocycles. The third-order valence-electron chi connectivity index (χ3n) is 0.862. The second-order valence-corrected chi connectivity index (χ2v) is 3.48. The van der Waals surface area contributed by atoms with Crippen molar-refractivity contribution in [1.82, 2.24) is 0 Å². The van der Waals surface area contributed by atoms with Gasteiger partial charge in [-0.15, -0.1) is 0 Å². The average molecular weight is 379 g/mol. The van der Waals surface area contributed by atoms with Crippen molar-refractivity contribution in [2.75, 3.05) is 0 Å². The topological polar surface area (TPSA) is 193 Å². The first-order chi connectivity index (χ1) is 9.66. The fourth-order valence-corrected chi connectivity index (χ4v) is 0. The number of carboxylic acid groups (broad SMARTS) is 3. The molecule has 0 radical (unpaired) electrons. The first-order valence-corrected chi connectivity index (χ1v) is 5.31. The molecule has 0 bridgehead atoms. The molecule has 0 saturated heterocycles. The molecule has 0 spiro atoms. The molecule has 10 nitrogen and oxygen atoms in total. The van der Waals surface area contributed by atoms with Crippen molar-refractivity contribution < 1.29 is 65.4 Å². The Hall–Kier alpha value is -2.42. The van der Waals surface area contributed by atoms with E-state index in [1.165, 1.54) is 0 Å². The van der Waals surface area contributed by atoms with Crippen LogP contribution in [-0.4, -0.2) is 45.8 Å². The molecule has 0 aliphatic carbocycles. The number of aliphatic carboxylic acids is 3. The normalized spacial score (nSPS) is 7.00.